The third kappa shape index (κ3) is 4.31. The summed E-state index contributed by atoms with van der Waals surface area (Å²) >= 11 is 9.30. The molecule has 1 aliphatic heterocycles. The Kier molecular flexibility index (Phi) is 6.13. The van der Waals surface area contributed by atoms with E-state index < -0.39 is 23.7 Å². The predicted molar refractivity (Wildman–Crippen MR) is 114 cm³/mol. The van der Waals surface area contributed by atoms with Gasteiger partial charge in [0.2, 0.25) is 0 Å². The molecule has 12 heteroatoms. The SMILES string of the molecule is O=C(NC[C@@H]1CCCN1C(=O)c1nc(C(F)(F)F)ccc1Br)c1cnn2cccc(Cl)c12. The predicted octanol–water partition coefficient (Wildman–Crippen LogP) is 4.20. The van der Waals surface area contributed by atoms with Crippen LogP contribution in [0.25, 0.3) is 5.52 Å². The summed E-state index contributed by atoms with van der Waals surface area (Å²) in [5.74, 6) is -1.04. The summed E-state index contributed by atoms with van der Waals surface area (Å²) < 4.78 is 40.8. The minimum absolute atomic E-state index is 0.128. The first-order valence-corrected chi connectivity index (χ1v) is 10.8. The summed E-state index contributed by atoms with van der Waals surface area (Å²) in [6.07, 6.45) is -0.347. The number of hydrogen-bond donors (Lipinski definition) is 1. The van der Waals surface area contributed by atoms with Crippen LogP contribution in [0.4, 0.5) is 13.2 Å². The van der Waals surface area contributed by atoms with Crippen molar-refractivity contribution in [1.82, 2.24) is 24.8 Å². The lowest BCUT2D eigenvalue weighted by molar-refractivity contribution is -0.141. The van der Waals surface area contributed by atoms with E-state index in [2.05, 4.69) is 31.3 Å². The molecule has 3 aromatic heterocycles. The molecule has 0 spiro atoms. The minimum atomic E-state index is -4.66. The van der Waals surface area contributed by atoms with Crippen LogP contribution in [0.2, 0.25) is 5.02 Å². The number of hydrogen-bond acceptors (Lipinski definition) is 4. The van der Waals surface area contributed by atoms with E-state index in [4.69, 9.17) is 11.6 Å². The molecule has 168 valence electrons. The zero-order chi connectivity index (χ0) is 23.0. The second-order valence-electron chi connectivity index (χ2n) is 7.24. The van der Waals surface area contributed by atoms with E-state index in [9.17, 15) is 22.8 Å². The van der Waals surface area contributed by atoms with Gasteiger partial charge >= 0.3 is 6.18 Å². The Bertz CT molecular complexity index is 1200. The Morgan fingerprint density at radius 2 is 2.06 bits per heavy atom. The number of amides is 2. The van der Waals surface area contributed by atoms with Gasteiger partial charge in [-0.1, -0.05) is 11.6 Å². The molecule has 3 aromatic rings. The van der Waals surface area contributed by atoms with Gasteiger partial charge in [-0.3, -0.25) is 9.59 Å². The number of nitrogens with one attached hydrogen (secondary N) is 1. The average molecular weight is 531 g/mol. The maximum atomic E-state index is 13.0. The van der Waals surface area contributed by atoms with Gasteiger partial charge in [0.25, 0.3) is 11.8 Å². The molecular formula is C20H16BrClF3N5O2. The van der Waals surface area contributed by atoms with Gasteiger partial charge in [0.1, 0.15) is 11.4 Å². The fraction of sp³-hybridized carbons (Fsp3) is 0.300. The van der Waals surface area contributed by atoms with Crippen LogP contribution in [-0.2, 0) is 6.18 Å². The fourth-order valence-electron chi connectivity index (χ4n) is 3.67. The molecule has 32 heavy (non-hydrogen) atoms. The zero-order valence-corrected chi connectivity index (χ0v) is 18.7. The molecular weight excluding hydrogens is 515 g/mol. The average Bonchev–Trinajstić information content (AvgIpc) is 3.39. The first-order valence-electron chi connectivity index (χ1n) is 9.61. The molecule has 2 amide bonds. The molecule has 0 unspecified atom stereocenters. The van der Waals surface area contributed by atoms with Crippen molar-refractivity contribution in [1.29, 1.82) is 0 Å². The smallest absolute Gasteiger partial charge is 0.350 e. The van der Waals surface area contributed by atoms with Crippen LogP contribution in [0.5, 0.6) is 0 Å². The van der Waals surface area contributed by atoms with Gasteiger partial charge in [-0.15, -0.1) is 0 Å². The number of alkyl halides is 3. The number of nitrogens with zero attached hydrogens (tertiary/aromatic N) is 4. The molecule has 0 aliphatic carbocycles. The van der Waals surface area contributed by atoms with Crippen LogP contribution >= 0.6 is 27.5 Å². The molecule has 4 heterocycles. The standard InChI is InChI=1S/C20H16BrClF3N5O2/c21-13-5-6-15(20(23,24)25)28-16(13)19(32)29-7-1-3-11(29)9-26-18(31)12-10-27-30-8-2-4-14(22)17(12)30/h2,4-6,8,10-11H,1,3,7,9H2,(H,26,31)/t11-/m0/s1. The lowest BCUT2D eigenvalue weighted by Gasteiger charge is -2.25. The van der Waals surface area contributed by atoms with Gasteiger partial charge < -0.3 is 10.2 Å². The first kappa shape index (κ1) is 22.5. The second kappa shape index (κ2) is 8.70. The zero-order valence-electron chi connectivity index (χ0n) is 16.4. The van der Waals surface area contributed by atoms with Gasteiger partial charge in [0.15, 0.2) is 0 Å². The van der Waals surface area contributed by atoms with Crippen LogP contribution < -0.4 is 5.32 Å². The van der Waals surface area contributed by atoms with Crippen LogP contribution in [-0.4, -0.2) is 50.4 Å². The molecule has 1 atom stereocenters. The minimum Gasteiger partial charge on any atom is -0.350 e. The highest BCUT2D eigenvalue weighted by atomic mass is 79.9. The number of aromatic nitrogens is 3. The van der Waals surface area contributed by atoms with Crippen LogP contribution in [0, 0.1) is 0 Å². The molecule has 1 saturated heterocycles. The van der Waals surface area contributed by atoms with Gasteiger partial charge in [-0.2, -0.15) is 18.3 Å². The van der Waals surface area contributed by atoms with E-state index in [1.807, 2.05) is 0 Å². The maximum absolute atomic E-state index is 13.0. The molecule has 0 aromatic carbocycles. The van der Waals surface area contributed by atoms with E-state index in [-0.39, 0.29) is 28.3 Å². The van der Waals surface area contributed by atoms with Crippen molar-refractivity contribution in [3.8, 4) is 0 Å². The van der Waals surface area contributed by atoms with Crippen molar-refractivity contribution in [2.45, 2.75) is 25.1 Å². The quantitative estimate of drug-likeness (QED) is 0.548. The van der Waals surface area contributed by atoms with Crippen molar-refractivity contribution >= 4 is 44.9 Å². The maximum Gasteiger partial charge on any atom is 0.433 e. The van der Waals surface area contributed by atoms with Crippen molar-refractivity contribution in [3.05, 3.63) is 63.1 Å². The van der Waals surface area contributed by atoms with Crippen molar-refractivity contribution in [3.63, 3.8) is 0 Å². The molecule has 1 aliphatic rings. The van der Waals surface area contributed by atoms with Gasteiger partial charge in [0, 0.05) is 29.8 Å². The van der Waals surface area contributed by atoms with E-state index in [0.717, 1.165) is 12.1 Å². The Balaban J connectivity index is 1.50. The summed E-state index contributed by atoms with van der Waals surface area (Å²) in [6, 6.07) is 4.93. The summed E-state index contributed by atoms with van der Waals surface area (Å²) in [6.45, 7) is 0.481. The summed E-state index contributed by atoms with van der Waals surface area (Å²) in [7, 11) is 0. The van der Waals surface area contributed by atoms with Gasteiger partial charge in [-0.05, 0) is 53.0 Å². The van der Waals surface area contributed by atoms with Crippen LogP contribution in [0.15, 0.2) is 41.1 Å². The van der Waals surface area contributed by atoms with E-state index >= 15 is 0 Å². The number of pyridine rings is 2. The number of rotatable bonds is 4. The van der Waals surface area contributed by atoms with E-state index in [1.165, 1.54) is 15.6 Å². The molecule has 1 fully saturated rings. The highest BCUT2D eigenvalue weighted by Crippen LogP contribution is 2.31. The Morgan fingerprint density at radius 1 is 1.28 bits per heavy atom. The highest BCUT2D eigenvalue weighted by Gasteiger charge is 2.36. The summed E-state index contributed by atoms with van der Waals surface area (Å²) in [4.78, 5) is 30.7. The van der Waals surface area contributed by atoms with Gasteiger partial charge in [0.05, 0.1) is 22.3 Å². The summed E-state index contributed by atoms with van der Waals surface area (Å²) in [5.41, 5.74) is -0.706. The second-order valence-corrected chi connectivity index (χ2v) is 8.50. The van der Waals surface area contributed by atoms with Crippen LogP contribution in [0.1, 0.15) is 39.4 Å². The highest BCUT2D eigenvalue weighted by molar-refractivity contribution is 9.10. The van der Waals surface area contributed by atoms with Gasteiger partial charge in [-0.25, -0.2) is 9.50 Å². The molecule has 0 bridgehead atoms. The topological polar surface area (TPSA) is 79.6 Å². The van der Waals surface area contributed by atoms with Crippen molar-refractivity contribution in [2.75, 3.05) is 13.1 Å². The molecule has 0 saturated carbocycles. The lowest BCUT2D eigenvalue weighted by atomic mass is 10.2. The number of fused-ring (bicyclic) bond motifs is 1. The largest absolute Gasteiger partial charge is 0.433 e. The molecule has 4 rings (SSSR count). The Morgan fingerprint density at radius 3 is 2.81 bits per heavy atom. The Hall–Kier alpha value is -2.66. The van der Waals surface area contributed by atoms with Crippen molar-refractivity contribution in [2.24, 2.45) is 0 Å². The number of carbonyl (C=O) groups is 2. The molecule has 1 N–H and O–H groups in total. The summed E-state index contributed by atoms with van der Waals surface area (Å²) in [5, 5.41) is 7.25. The third-order valence-corrected chi connectivity index (χ3v) is 6.16. The van der Waals surface area contributed by atoms with Crippen molar-refractivity contribution < 1.29 is 22.8 Å². The number of likely N-dealkylation sites (tertiary alicyclic amines) is 1. The fourth-order valence-corrected chi connectivity index (χ4v) is 4.33. The lowest BCUT2D eigenvalue weighted by Crippen LogP contribution is -2.43. The third-order valence-electron chi connectivity index (χ3n) is 5.21. The van der Waals surface area contributed by atoms with Crippen LogP contribution in [0.3, 0.4) is 0 Å². The normalized spacial score (nSPS) is 16.5. The monoisotopic (exact) mass is 529 g/mol. The number of halogens is 5. The number of carbonyl (C=O) groups excluding carboxylic acids is 2. The van der Waals surface area contributed by atoms with E-state index in [0.29, 0.717) is 29.9 Å². The molecule has 0 radical (unpaired) electrons. The first-order chi connectivity index (χ1) is 15.2. The Labute approximate surface area is 193 Å². The molecule has 7 nitrogen and oxygen atoms in total. The van der Waals surface area contributed by atoms with E-state index in [1.54, 1.807) is 18.3 Å².